The average molecular weight is 290 g/mol. The van der Waals surface area contributed by atoms with Gasteiger partial charge in [0.25, 0.3) is 0 Å². The summed E-state index contributed by atoms with van der Waals surface area (Å²) in [5, 5.41) is 4.15. The van der Waals surface area contributed by atoms with Gasteiger partial charge in [0, 0.05) is 17.6 Å². The first-order valence-corrected chi connectivity index (χ1v) is 7.73. The minimum atomic E-state index is 0.460. The second kappa shape index (κ2) is 6.86. The van der Waals surface area contributed by atoms with Crippen LogP contribution in [0.1, 0.15) is 40.8 Å². The number of hydrogen-bond acceptors (Lipinski definition) is 4. The van der Waals surface area contributed by atoms with E-state index in [4.69, 9.17) is 4.74 Å². The SMILES string of the molecule is CNCc1cnc(COc2cc(C)ccc2C(C)C)s1. The molecule has 20 heavy (non-hydrogen) atoms. The molecule has 2 rings (SSSR count). The molecular weight excluding hydrogens is 268 g/mol. The third-order valence-corrected chi connectivity index (χ3v) is 4.07. The molecule has 0 saturated heterocycles. The van der Waals surface area contributed by atoms with E-state index in [0.717, 1.165) is 17.3 Å². The molecule has 4 heteroatoms. The summed E-state index contributed by atoms with van der Waals surface area (Å²) in [7, 11) is 1.94. The molecule has 0 unspecified atom stereocenters. The Labute approximate surface area is 125 Å². The number of aromatic nitrogens is 1. The van der Waals surface area contributed by atoms with E-state index in [1.165, 1.54) is 16.0 Å². The van der Waals surface area contributed by atoms with Crippen molar-refractivity contribution < 1.29 is 4.74 Å². The number of rotatable bonds is 6. The second-order valence-corrected chi connectivity index (χ2v) is 6.44. The van der Waals surface area contributed by atoms with E-state index in [2.05, 4.69) is 49.3 Å². The van der Waals surface area contributed by atoms with Crippen LogP contribution in [0, 0.1) is 6.92 Å². The largest absolute Gasteiger partial charge is 0.486 e. The van der Waals surface area contributed by atoms with Crippen molar-refractivity contribution in [2.45, 2.75) is 39.8 Å². The Hall–Kier alpha value is -1.39. The van der Waals surface area contributed by atoms with Crippen molar-refractivity contribution in [3.63, 3.8) is 0 Å². The van der Waals surface area contributed by atoms with Crippen LogP contribution in [-0.2, 0) is 13.2 Å². The molecule has 0 bridgehead atoms. The molecule has 0 saturated carbocycles. The molecule has 0 aliphatic heterocycles. The van der Waals surface area contributed by atoms with Crippen molar-refractivity contribution in [1.82, 2.24) is 10.3 Å². The predicted molar refractivity (Wildman–Crippen MR) is 84.5 cm³/mol. The summed E-state index contributed by atoms with van der Waals surface area (Å²) < 4.78 is 5.98. The lowest BCUT2D eigenvalue weighted by atomic mass is 10.0. The van der Waals surface area contributed by atoms with Crippen molar-refractivity contribution in [1.29, 1.82) is 0 Å². The maximum absolute atomic E-state index is 5.98. The number of nitrogens with one attached hydrogen (secondary N) is 1. The molecule has 0 spiro atoms. The van der Waals surface area contributed by atoms with Gasteiger partial charge in [0.1, 0.15) is 17.4 Å². The molecule has 0 aliphatic rings. The van der Waals surface area contributed by atoms with Gasteiger partial charge in [-0.1, -0.05) is 26.0 Å². The lowest BCUT2D eigenvalue weighted by Crippen LogP contribution is -2.02. The summed E-state index contributed by atoms with van der Waals surface area (Å²) in [6.45, 7) is 7.86. The van der Waals surface area contributed by atoms with Crippen LogP contribution < -0.4 is 10.1 Å². The maximum Gasteiger partial charge on any atom is 0.140 e. The van der Waals surface area contributed by atoms with E-state index in [-0.39, 0.29) is 0 Å². The Morgan fingerprint density at radius 3 is 2.85 bits per heavy atom. The Morgan fingerprint density at radius 1 is 1.35 bits per heavy atom. The topological polar surface area (TPSA) is 34.2 Å². The fraction of sp³-hybridized carbons (Fsp3) is 0.438. The summed E-state index contributed by atoms with van der Waals surface area (Å²) in [6.07, 6.45) is 1.92. The summed E-state index contributed by atoms with van der Waals surface area (Å²) in [4.78, 5) is 5.64. The molecule has 3 nitrogen and oxygen atoms in total. The van der Waals surface area contributed by atoms with Crippen LogP contribution in [0.4, 0.5) is 0 Å². The van der Waals surface area contributed by atoms with E-state index < -0.39 is 0 Å². The molecule has 0 radical (unpaired) electrons. The molecule has 2 aromatic rings. The number of benzene rings is 1. The van der Waals surface area contributed by atoms with Gasteiger partial charge < -0.3 is 10.1 Å². The average Bonchev–Trinajstić information content (AvgIpc) is 2.84. The molecule has 0 fully saturated rings. The maximum atomic E-state index is 5.98. The highest BCUT2D eigenvalue weighted by atomic mass is 32.1. The summed E-state index contributed by atoms with van der Waals surface area (Å²) in [5.74, 6) is 1.44. The van der Waals surface area contributed by atoms with E-state index >= 15 is 0 Å². The van der Waals surface area contributed by atoms with Gasteiger partial charge in [0.15, 0.2) is 0 Å². The highest BCUT2D eigenvalue weighted by molar-refractivity contribution is 7.11. The molecule has 0 amide bonds. The Kier molecular flexibility index (Phi) is 5.15. The summed E-state index contributed by atoms with van der Waals surface area (Å²) in [5.41, 5.74) is 2.47. The Balaban J connectivity index is 2.07. The minimum absolute atomic E-state index is 0.460. The van der Waals surface area contributed by atoms with Gasteiger partial charge in [-0.25, -0.2) is 4.98 Å². The molecule has 0 atom stereocenters. The normalized spacial score (nSPS) is 11.1. The lowest BCUT2D eigenvalue weighted by Gasteiger charge is -2.14. The van der Waals surface area contributed by atoms with Crippen molar-refractivity contribution >= 4 is 11.3 Å². The van der Waals surface area contributed by atoms with Crippen LogP contribution in [0.5, 0.6) is 5.75 Å². The van der Waals surface area contributed by atoms with Crippen molar-refractivity contribution in [3.05, 3.63) is 45.4 Å². The molecular formula is C16H22N2OS. The fourth-order valence-corrected chi connectivity index (χ4v) is 2.90. The van der Waals surface area contributed by atoms with Crippen molar-refractivity contribution in [3.8, 4) is 5.75 Å². The minimum Gasteiger partial charge on any atom is -0.486 e. The van der Waals surface area contributed by atoms with Gasteiger partial charge in [0.05, 0.1) is 0 Å². The van der Waals surface area contributed by atoms with Gasteiger partial charge in [-0.15, -0.1) is 11.3 Å². The molecule has 1 aromatic heterocycles. The van der Waals surface area contributed by atoms with E-state index in [1.807, 2.05) is 13.2 Å². The van der Waals surface area contributed by atoms with Crippen LogP contribution in [-0.4, -0.2) is 12.0 Å². The van der Waals surface area contributed by atoms with Gasteiger partial charge >= 0.3 is 0 Å². The van der Waals surface area contributed by atoms with E-state index in [9.17, 15) is 0 Å². The molecule has 1 N–H and O–H groups in total. The molecule has 1 aromatic carbocycles. The standard InChI is InChI=1S/C16H22N2OS/c1-11(2)14-6-5-12(3)7-15(14)19-10-16-18-9-13(20-16)8-17-4/h5-7,9,11,17H,8,10H2,1-4H3. The van der Waals surface area contributed by atoms with E-state index in [1.54, 1.807) is 11.3 Å². The van der Waals surface area contributed by atoms with Crippen molar-refractivity contribution in [2.24, 2.45) is 0 Å². The first-order valence-electron chi connectivity index (χ1n) is 6.91. The number of nitrogens with zero attached hydrogens (tertiary/aromatic N) is 1. The third kappa shape index (κ3) is 3.81. The summed E-state index contributed by atoms with van der Waals surface area (Å²) in [6, 6.07) is 6.40. The van der Waals surface area contributed by atoms with Crippen LogP contribution in [0.3, 0.4) is 0 Å². The first-order chi connectivity index (χ1) is 9.60. The first kappa shape index (κ1) is 15.0. The van der Waals surface area contributed by atoms with Gasteiger partial charge in [-0.2, -0.15) is 0 Å². The Bertz CT molecular complexity index is 563. The molecule has 0 aliphatic carbocycles. The predicted octanol–water partition coefficient (Wildman–Crippen LogP) is 3.87. The lowest BCUT2D eigenvalue weighted by molar-refractivity contribution is 0.301. The number of ether oxygens (including phenoxy) is 1. The number of aryl methyl sites for hydroxylation is 1. The highest BCUT2D eigenvalue weighted by Gasteiger charge is 2.09. The van der Waals surface area contributed by atoms with Gasteiger partial charge in [-0.05, 0) is 37.1 Å². The van der Waals surface area contributed by atoms with Gasteiger partial charge in [0.2, 0.25) is 0 Å². The zero-order valence-corrected chi connectivity index (χ0v) is 13.4. The van der Waals surface area contributed by atoms with Crippen LogP contribution in [0.15, 0.2) is 24.4 Å². The monoisotopic (exact) mass is 290 g/mol. The highest BCUT2D eigenvalue weighted by Crippen LogP contribution is 2.28. The molecule has 1 heterocycles. The number of thiazole rings is 1. The van der Waals surface area contributed by atoms with Crippen LogP contribution in [0.2, 0.25) is 0 Å². The smallest absolute Gasteiger partial charge is 0.140 e. The zero-order chi connectivity index (χ0) is 14.5. The van der Waals surface area contributed by atoms with Crippen LogP contribution >= 0.6 is 11.3 Å². The van der Waals surface area contributed by atoms with Crippen molar-refractivity contribution in [2.75, 3.05) is 7.05 Å². The fourth-order valence-electron chi connectivity index (χ4n) is 2.05. The zero-order valence-electron chi connectivity index (χ0n) is 12.6. The molecule has 108 valence electrons. The second-order valence-electron chi connectivity index (χ2n) is 5.24. The van der Waals surface area contributed by atoms with E-state index in [0.29, 0.717) is 12.5 Å². The number of hydrogen-bond donors (Lipinski definition) is 1. The quantitative estimate of drug-likeness (QED) is 0.877. The summed E-state index contributed by atoms with van der Waals surface area (Å²) >= 11 is 1.70. The van der Waals surface area contributed by atoms with Gasteiger partial charge in [-0.3, -0.25) is 0 Å². The Morgan fingerprint density at radius 2 is 2.15 bits per heavy atom. The van der Waals surface area contributed by atoms with Crippen LogP contribution in [0.25, 0.3) is 0 Å². The third-order valence-electron chi connectivity index (χ3n) is 3.09.